The Morgan fingerprint density at radius 2 is 1.91 bits per heavy atom. The molecular weight excluding hydrogens is 450 g/mol. The summed E-state index contributed by atoms with van der Waals surface area (Å²) in [5, 5.41) is 12.6. The number of methoxy groups -OCH3 is 2. The Bertz CT molecular complexity index is 1330. The molecule has 0 atom stereocenters. The fraction of sp³-hybridized carbons (Fsp3) is 0.269. The van der Waals surface area contributed by atoms with Crippen molar-refractivity contribution in [2.75, 3.05) is 14.2 Å². The van der Waals surface area contributed by atoms with Gasteiger partial charge >= 0.3 is 5.97 Å². The summed E-state index contributed by atoms with van der Waals surface area (Å²) in [6.07, 6.45) is 3.35. The van der Waals surface area contributed by atoms with Gasteiger partial charge in [-0.2, -0.15) is 0 Å². The van der Waals surface area contributed by atoms with Gasteiger partial charge in [0.2, 0.25) is 0 Å². The summed E-state index contributed by atoms with van der Waals surface area (Å²) in [6, 6.07) is 11.5. The van der Waals surface area contributed by atoms with Crippen LogP contribution in [0.5, 0.6) is 11.5 Å². The van der Waals surface area contributed by atoms with Gasteiger partial charge in [-0.15, -0.1) is 11.3 Å². The molecule has 1 N–H and O–H groups in total. The number of aromatic nitrogens is 3. The van der Waals surface area contributed by atoms with E-state index in [9.17, 15) is 9.90 Å². The van der Waals surface area contributed by atoms with Gasteiger partial charge in [0.25, 0.3) is 0 Å². The molecule has 0 amide bonds. The predicted molar refractivity (Wildman–Crippen MR) is 133 cm³/mol. The quantitative estimate of drug-likeness (QED) is 0.342. The van der Waals surface area contributed by atoms with E-state index >= 15 is 0 Å². The van der Waals surface area contributed by atoms with E-state index in [1.165, 1.54) is 0 Å². The number of hydrogen-bond acceptors (Lipinski definition) is 6. The van der Waals surface area contributed by atoms with Gasteiger partial charge in [0.15, 0.2) is 11.5 Å². The van der Waals surface area contributed by atoms with Gasteiger partial charge in [-0.05, 0) is 55.7 Å². The second kappa shape index (κ2) is 10.1. The SMILES string of the molecule is CCc1cc(-c2nc(-c3cc(C(=O)O)c(C)n3CCc3ccc(OC)c(OC)c3)cs2)ccn1. The average molecular weight is 478 g/mol. The first kappa shape index (κ1) is 23.5. The molecule has 4 rings (SSSR count). The molecule has 0 saturated heterocycles. The third-order valence-electron chi connectivity index (χ3n) is 5.86. The minimum atomic E-state index is -0.944. The summed E-state index contributed by atoms with van der Waals surface area (Å²) in [5.41, 5.74) is 5.64. The van der Waals surface area contributed by atoms with Crippen LogP contribution in [0.1, 0.15) is 34.2 Å². The molecule has 0 unspecified atom stereocenters. The highest BCUT2D eigenvalue weighted by atomic mass is 32.1. The van der Waals surface area contributed by atoms with Crippen LogP contribution >= 0.6 is 11.3 Å². The van der Waals surface area contributed by atoms with Gasteiger partial charge in [-0.3, -0.25) is 4.98 Å². The van der Waals surface area contributed by atoms with Crippen LogP contribution in [0.3, 0.4) is 0 Å². The van der Waals surface area contributed by atoms with Crippen LogP contribution in [-0.2, 0) is 19.4 Å². The number of nitrogens with zero attached hydrogens (tertiary/aromatic N) is 3. The monoisotopic (exact) mass is 477 g/mol. The highest BCUT2D eigenvalue weighted by Crippen LogP contribution is 2.33. The molecule has 0 saturated carbocycles. The van der Waals surface area contributed by atoms with Crippen molar-refractivity contribution < 1.29 is 19.4 Å². The average Bonchev–Trinajstić information content (AvgIpc) is 3.47. The maximum Gasteiger partial charge on any atom is 0.337 e. The van der Waals surface area contributed by atoms with Gasteiger partial charge in [-0.25, -0.2) is 9.78 Å². The first-order valence-electron chi connectivity index (χ1n) is 11.0. The van der Waals surface area contributed by atoms with Crippen molar-refractivity contribution in [1.29, 1.82) is 0 Å². The van der Waals surface area contributed by atoms with Crippen molar-refractivity contribution in [3.8, 4) is 33.5 Å². The van der Waals surface area contributed by atoms with E-state index in [1.54, 1.807) is 37.8 Å². The van der Waals surface area contributed by atoms with Gasteiger partial charge < -0.3 is 19.1 Å². The molecule has 0 aliphatic heterocycles. The topological polar surface area (TPSA) is 86.5 Å². The van der Waals surface area contributed by atoms with Crippen molar-refractivity contribution in [3.05, 3.63) is 70.5 Å². The first-order chi connectivity index (χ1) is 16.4. The van der Waals surface area contributed by atoms with Crippen molar-refractivity contribution in [2.24, 2.45) is 0 Å². The maximum absolute atomic E-state index is 11.9. The molecule has 0 spiro atoms. The summed E-state index contributed by atoms with van der Waals surface area (Å²) in [6.45, 7) is 4.51. The molecule has 4 aromatic rings. The van der Waals surface area contributed by atoms with E-state index in [2.05, 4.69) is 11.9 Å². The van der Waals surface area contributed by atoms with Gasteiger partial charge in [-0.1, -0.05) is 13.0 Å². The van der Waals surface area contributed by atoms with Crippen molar-refractivity contribution in [2.45, 2.75) is 33.2 Å². The largest absolute Gasteiger partial charge is 0.493 e. The van der Waals surface area contributed by atoms with Crippen LogP contribution in [0.2, 0.25) is 0 Å². The Balaban J connectivity index is 1.67. The third-order valence-corrected chi connectivity index (χ3v) is 6.75. The zero-order chi connectivity index (χ0) is 24.2. The lowest BCUT2D eigenvalue weighted by Crippen LogP contribution is -2.07. The molecule has 3 aromatic heterocycles. The number of ether oxygens (including phenoxy) is 2. The summed E-state index contributed by atoms with van der Waals surface area (Å²) >= 11 is 1.54. The molecule has 7 nitrogen and oxygen atoms in total. The lowest BCUT2D eigenvalue weighted by molar-refractivity contribution is 0.0696. The highest BCUT2D eigenvalue weighted by Gasteiger charge is 2.20. The number of carbonyl (C=O) groups is 1. The third kappa shape index (κ3) is 4.68. The number of hydrogen-bond donors (Lipinski definition) is 1. The summed E-state index contributed by atoms with van der Waals surface area (Å²) in [4.78, 5) is 21.1. The summed E-state index contributed by atoms with van der Waals surface area (Å²) < 4.78 is 12.8. The molecule has 0 aliphatic rings. The molecule has 0 radical (unpaired) electrons. The number of rotatable bonds is 9. The molecule has 0 aliphatic carbocycles. The van der Waals surface area contributed by atoms with E-state index in [4.69, 9.17) is 14.5 Å². The Morgan fingerprint density at radius 3 is 2.62 bits per heavy atom. The van der Waals surface area contributed by atoms with Gasteiger partial charge in [0.1, 0.15) is 5.01 Å². The highest BCUT2D eigenvalue weighted by molar-refractivity contribution is 7.13. The molecule has 0 fully saturated rings. The summed E-state index contributed by atoms with van der Waals surface area (Å²) in [7, 11) is 3.22. The Hall–Kier alpha value is -3.65. The number of thiazole rings is 1. The lowest BCUT2D eigenvalue weighted by atomic mass is 10.1. The van der Waals surface area contributed by atoms with E-state index in [0.29, 0.717) is 30.2 Å². The van der Waals surface area contributed by atoms with Crippen molar-refractivity contribution >= 4 is 17.3 Å². The maximum atomic E-state index is 11.9. The number of pyridine rings is 1. The fourth-order valence-corrected chi connectivity index (χ4v) is 4.78. The van der Waals surface area contributed by atoms with Crippen molar-refractivity contribution in [3.63, 3.8) is 0 Å². The Kier molecular flexibility index (Phi) is 6.98. The van der Waals surface area contributed by atoms with Crippen LogP contribution in [0.25, 0.3) is 22.0 Å². The number of benzene rings is 1. The summed E-state index contributed by atoms with van der Waals surface area (Å²) in [5.74, 6) is 0.402. The molecule has 8 heteroatoms. The van der Waals surface area contributed by atoms with Gasteiger partial charge in [0, 0.05) is 35.1 Å². The number of aryl methyl sites for hydroxylation is 2. The fourth-order valence-electron chi connectivity index (χ4n) is 3.97. The first-order valence-corrected chi connectivity index (χ1v) is 11.9. The Labute approximate surface area is 202 Å². The lowest BCUT2D eigenvalue weighted by Gasteiger charge is -2.13. The molecule has 34 heavy (non-hydrogen) atoms. The predicted octanol–water partition coefficient (Wildman–Crippen LogP) is 5.50. The number of aromatic carboxylic acids is 1. The van der Waals surface area contributed by atoms with Crippen LogP contribution in [0.15, 0.2) is 48.0 Å². The molecule has 176 valence electrons. The molecule has 1 aromatic carbocycles. The smallest absolute Gasteiger partial charge is 0.337 e. The van der Waals surface area contributed by atoms with Crippen molar-refractivity contribution in [1.82, 2.24) is 14.5 Å². The van der Waals surface area contributed by atoms with E-state index in [-0.39, 0.29) is 5.56 Å². The number of carboxylic acid groups (broad SMARTS) is 1. The van der Waals surface area contributed by atoms with Crippen LogP contribution < -0.4 is 9.47 Å². The normalized spacial score (nSPS) is 10.9. The van der Waals surface area contributed by atoms with Crippen LogP contribution in [0.4, 0.5) is 0 Å². The van der Waals surface area contributed by atoms with Crippen LogP contribution in [0, 0.1) is 6.92 Å². The van der Waals surface area contributed by atoms with Gasteiger partial charge in [0.05, 0.1) is 31.2 Å². The molecule has 3 heterocycles. The minimum absolute atomic E-state index is 0.286. The van der Waals surface area contributed by atoms with E-state index in [1.807, 2.05) is 47.2 Å². The number of carboxylic acids is 1. The Morgan fingerprint density at radius 1 is 1.12 bits per heavy atom. The zero-order valence-electron chi connectivity index (χ0n) is 19.7. The molecule has 0 bridgehead atoms. The van der Waals surface area contributed by atoms with E-state index < -0.39 is 5.97 Å². The minimum Gasteiger partial charge on any atom is -0.493 e. The second-order valence-corrected chi connectivity index (χ2v) is 8.71. The van der Waals surface area contributed by atoms with Crippen LogP contribution in [-0.4, -0.2) is 39.8 Å². The molecular formula is C26H27N3O4S. The standard InChI is InChI=1S/C26H27N3O4S/c1-5-19-13-18(8-10-27-19)25-28-21(15-34-25)22-14-20(26(30)31)16(2)29(22)11-9-17-6-7-23(32-3)24(12-17)33-4/h6-8,10,12-15H,5,9,11H2,1-4H3,(H,30,31). The van der Waals surface area contributed by atoms with E-state index in [0.717, 1.165) is 39.6 Å². The second-order valence-electron chi connectivity index (χ2n) is 7.85. The zero-order valence-corrected chi connectivity index (χ0v) is 20.5.